The molecule has 0 unspecified atom stereocenters. The zero-order valence-electron chi connectivity index (χ0n) is 15.7. The van der Waals surface area contributed by atoms with Crippen molar-refractivity contribution in [3.63, 3.8) is 0 Å². The number of nitrogens with zero attached hydrogens (tertiary/aromatic N) is 1. The number of carbonyl (C=O) groups excluding carboxylic acids is 1. The number of hydrogen-bond acceptors (Lipinski definition) is 3. The second kappa shape index (κ2) is 8.00. The van der Waals surface area contributed by atoms with Crippen LogP contribution < -0.4 is 10.0 Å². The molecule has 1 saturated heterocycles. The first-order chi connectivity index (χ1) is 12.8. The van der Waals surface area contributed by atoms with Gasteiger partial charge < -0.3 is 10.2 Å². The van der Waals surface area contributed by atoms with Crippen LogP contribution >= 0.6 is 0 Å². The van der Waals surface area contributed by atoms with Gasteiger partial charge in [-0.25, -0.2) is 13.2 Å². The van der Waals surface area contributed by atoms with Gasteiger partial charge in [-0.1, -0.05) is 6.07 Å². The predicted octanol–water partition coefficient (Wildman–Crippen LogP) is 4.12. The molecule has 1 aliphatic rings. The molecule has 0 spiro atoms. The molecule has 1 heterocycles. The number of amides is 2. The van der Waals surface area contributed by atoms with Crippen molar-refractivity contribution in [1.29, 1.82) is 0 Å². The maximum Gasteiger partial charge on any atom is 0.321 e. The van der Waals surface area contributed by atoms with Crippen LogP contribution in [0.15, 0.2) is 47.4 Å². The van der Waals surface area contributed by atoms with Crippen molar-refractivity contribution in [2.75, 3.05) is 23.1 Å². The predicted molar refractivity (Wildman–Crippen MR) is 108 cm³/mol. The average Bonchev–Trinajstić information content (AvgIpc) is 2.61. The molecule has 0 radical (unpaired) electrons. The van der Waals surface area contributed by atoms with Gasteiger partial charge in [0, 0.05) is 24.5 Å². The molecule has 0 saturated carbocycles. The van der Waals surface area contributed by atoms with Crippen molar-refractivity contribution < 1.29 is 13.2 Å². The third kappa shape index (κ3) is 5.01. The molecule has 0 aliphatic carbocycles. The van der Waals surface area contributed by atoms with Crippen LogP contribution in [0, 0.1) is 13.8 Å². The second-order valence-corrected chi connectivity index (χ2v) is 8.67. The maximum absolute atomic E-state index is 12.6. The van der Waals surface area contributed by atoms with E-state index in [1.54, 1.807) is 29.2 Å². The highest BCUT2D eigenvalue weighted by atomic mass is 32.2. The lowest BCUT2D eigenvalue weighted by atomic mass is 10.1. The summed E-state index contributed by atoms with van der Waals surface area (Å²) in [7, 11) is -3.69. The third-order valence-corrected chi connectivity index (χ3v) is 5.93. The van der Waals surface area contributed by atoms with Crippen LogP contribution in [0.1, 0.15) is 30.4 Å². The number of urea groups is 1. The first-order valence-corrected chi connectivity index (χ1v) is 10.6. The standard InChI is InChI=1S/C20H25N3O3S/c1-15-12-16(2)14-18(13-15)22-27(25,26)19-8-6-17(7-9-19)21-20(24)23-10-4-3-5-11-23/h6-9,12-14,22H,3-5,10-11H2,1-2H3,(H,21,24). The van der Waals surface area contributed by atoms with Crippen molar-refractivity contribution >= 4 is 27.4 Å². The quantitative estimate of drug-likeness (QED) is 0.828. The molecule has 0 atom stereocenters. The highest BCUT2D eigenvalue weighted by Gasteiger charge is 2.18. The highest BCUT2D eigenvalue weighted by Crippen LogP contribution is 2.21. The summed E-state index contributed by atoms with van der Waals surface area (Å²) in [6.07, 6.45) is 3.20. The lowest BCUT2D eigenvalue weighted by molar-refractivity contribution is 0.200. The van der Waals surface area contributed by atoms with Gasteiger partial charge in [0.15, 0.2) is 0 Å². The summed E-state index contributed by atoms with van der Waals surface area (Å²) in [6.45, 7) is 5.37. The molecule has 144 valence electrons. The van der Waals surface area contributed by atoms with Crippen molar-refractivity contribution in [3.8, 4) is 0 Å². The van der Waals surface area contributed by atoms with Gasteiger partial charge in [0.25, 0.3) is 10.0 Å². The van der Waals surface area contributed by atoms with Crippen molar-refractivity contribution in [3.05, 3.63) is 53.6 Å². The van der Waals surface area contributed by atoms with E-state index in [0.717, 1.165) is 43.5 Å². The summed E-state index contributed by atoms with van der Waals surface area (Å²) in [5.41, 5.74) is 3.10. The largest absolute Gasteiger partial charge is 0.325 e. The fourth-order valence-electron chi connectivity index (χ4n) is 3.26. The Morgan fingerprint density at radius 3 is 2.07 bits per heavy atom. The normalized spacial score (nSPS) is 14.7. The monoisotopic (exact) mass is 387 g/mol. The molecule has 0 aromatic heterocycles. The van der Waals surface area contributed by atoms with E-state index < -0.39 is 10.0 Å². The van der Waals surface area contributed by atoms with E-state index in [9.17, 15) is 13.2 Å². The summed E-state index contributed by atoms with van der Waals surface area (Å²) < 4.78 is 27.8. The van der Waals surface area contributed by atoms with Gasteiger partial charge in [0.05, 0.1) is 4.90 Å². The van der Waals surface area contributed by atoms with E-state index >= 15 is 0 Å². The number of nitrogens with one attached hydrogen (secondary N) is 2. The number of likely N-dealkylation sites (tertiary alicyclic amines) is 1. The Labute approximate surface area is 160 Å². The SMILES string of the molecule is Cc1cc(C)cc(NS(=O)(=O)c2ccc(NC(=O)N3CCCCC3)cc2)c1. The molecule has 3 rings (SSSR count). The van der Waals surface area contributed by atoms with Crippen LogP contribution in [0.5, 0.6) is 0 Å². The Morgan fingerprint density at radius 2 is 1.48 bits per heavy atom. The van der Waals surface area contributed by atoms with Crippen LogP contribution in [0.4, 0.5) is 16.2 Å². The van der Waals surface area contributed by atoms with Crippen LogP contribution in [-0.4, -0.2) is 32.4 Å². The lowest BCUT2D eigenvalue weighted by Gasteiger charge is -2.26. The average molecular weight is 388 g/mol. The van der Waals surface area contributed by atoms with Crippen LogP contribution in [0.25, 0.3) is 0 Å². The second-order valence-electron chi connectivity index (χ2n) is 6.98. The molecular formula is C20H25N3O3S. The number of aryl methyl sites for hydroxylation is 2. The third-order valence-electron chi connectivity index (χ3n) is 4.53. The van der Waals surface area contributed by atoms with E-state index in [2.05, 4.69) is 10.0 Å². The number of hydrogen-bond donors (Lipinski definition) is 2. The summed E-state index contributed by atoms with van der Waals surface area (Å²) >= 11 is 0. The van der Waals surface area contributed by atoms with Crippen molar-refractivity contribution in [2.24, 2.45) is 0 Å². The van der Waals surface area contributed by atoms with E-state index in [1.807, 2.05) is 19.9 Å². The molecule has 1 fully saturated rings. The van der Waals surface area contributed by atoms with Crippen molar-refractivity contribution in [1.82, 2.24) is 4.90 Å². The fraction of sp³-hybridized carbons (Fsp3) is 0.350. The van der Waals surface area contributed by atoms with Gasteiger partial charge in [0.1, 0.15) is 0 Å². The Morgan fingerprint density at radius 1 is 0.889 bits per heavy atom. The summed E-state index contributed by atoms with van der Waals surface area (Å²) in [5, 5.41) is 2.83. The van der Waals surface area contributed by atoms with Gasteiger partial charge in [-0.15, -0.1) is 0 Å². The first kappa shape index (κ1) is 19.2. The van der Waals surface area contributed by atoms with Crippen LogP contribution in [-0.2, 0) is 10.0 Å². The Hall–Kier alpha value is -2.54. The van der Waals surface area contributed by atoms with Gasteiger partial charge in [0.2, 0.25) is 0 Å². The zero-order valence-corrected chi connectivity index (χ0v) is 16.5. The van der Waals surface area contributed by atoms with Gasteiger partial charge >= 0.3 is 6.03 Å². The number of benzene rings is 2. The molecule has 0 bridgehead atoms. The smallest absolute Gasteiger partial charge is 0.321 e. The number of carbonyl (C=O) groups is 1. The van der Waals surface area contributed by atoms with E-state index in [0.29, 0.717) is 11.4 Å². The number of anilines is 2. The molecule has 2 aromatic carbocycles. The molecule has 2 aromatic rings. The molecule has 2 amide bonds. The molecule has 6 nitrogen and oxygen atoms in total. The van der Waals surface area contributed by atoms with Crippen molar-refractivity contribution in [2.45, 2.75) is 38.0 Å². The molecule has 1 aliphatic heterocycles. The Balaban J connectivity index is 1.69. The van der Waals surface area contributed by atoms with Crippen LogP contribution in [0.3, 0.4) is 0 Å². The summed E-state index contributed by atoms with van der Waals surface area (Å²) in [6, 6.07) is 11.6. The Bertz CT molecular complexity index is 898. The first-order valence-electron chi connectivity index (χ1n) is 9.11. The lowest BCUT2D eigenvalue weighted by Crippen LogP contribution is -2.38. The fourth-order valence-corrected chi connectivity index (χ4v) is 4.31. The minimum atomic E-state index is -3.69. The number of piperidine rings is 1. The summed E-state index contributed by atoms with van der Waals surface area (Å²) in [4.78, 5) is 14.2. The minimum absolute atomic E-state index is 0.140. The van der Waals surface area contributed by atoms with Gasteiger partial charge in [-0.05, 0) is 80.6 Å². The highest BCUT2D eigenvalue weighted by molar-refractivity contribution is 7.92. The minimum Gasteiger partial charge on any atom is -0.325 e. The van der Waals surface area contributed by atoms with E-state index in [-0.39, 0.29) is 10.9 Å². The van der Waals surface area contributed by atoms with E-state index in [1.165, 1.54) is 12.1 Å². The maximum atomic E-state index is 12.6. The number of sulfonamides is 1. The number of rotatable bonds is 4. The molecular weight excluding hydrogens is 362 g/mol. The molecule has 2 N–H and O–H groups in total. The van der Waals surface area contributed by atoms with E-state index in [4.69, 9.17) is 0 Å². The van der Waals surface area contributed by atoms with Crippen LogP contribution in [0.2, 0.25) is 0 Å². The Kier molecular flexibility index (Phi) is 5.70. The zero-order chi connectivity index (χ0) is 19.4. The summed E-state index contributed by atoms with van der Waals surface area (Å²) in [5.74, 6) is 0. The molecule has 7 heteroatoms. The molecule has 27 heavy (non-hydrogen) atoms. The van der Waals surface area contributed by atoms with Gasteiger partial charge in [-0.3, -0.25) is 4.72 Å². The van der Waals surface area contributed by atoms with Gasteiger partial charge in [-0.2, -0.15) is 0 Å². The topological polar surface area (TPSA) is 78.5 Å².